The minimum absolute atomic E-state index is 0.0914. The number of benzene rings is 1. The van der Waals surface area contributed by atoms with Gasteiger partial charge in [-0.05, 0) is 36.8 Å². The molecule has 3 heteroatoms. The van der Waals surface area contributed by atoms with Crippen LogP contribution in [0, 0.1) is 18.8 Å². The van der Waals surface area contributed by atoms with Crippen LogP contribution >= 0.6 is 0 Å². The molecule has 0 aromatic heterocycles. The molecule has 18 heavy (non-hydrogen) atoms. The first-order valence-electron chi connectivity index (χ1n) is 6.65. The summed E-state index contributed by atoms with van der Waals surface area (Å²) in [5.74, 6) is 1.35. The van der Waals surface area contributed by atoms with Gasteiger partial charge in [0.05, 0.1) is 5.56 Å². The van der Waals surface area contributed by atoms with E-state index >= 15 is 0 Å². The number of amides is 1. The second-order valence-electron chi connectivity index (χ2n) is 5.58. The lowest BCUT2D eigenvalue weighted by molar-refractivity contribution is 0.0784. The zero-order valence-corrected chi connectivity index (χ0v) is 11.4. The van der Waals surface area contributed by atoms with Gasteiger partial charge in [-0.25, -0.2) is 0 Å². The van der Waals surface area contributed by atoms with Crippen molar-refractivity contribution in [3.8, 4) is 0 Å². The van der Waals surface area contributed by atoms with Crippen molar-refractivity contribution in [1.82, 2.24) is 4.90 Å². The molecule has 98 valence electrons. The van der Waals surface area contributed by atoms with Crippen LogP contribution < -0.4 is 5.73 Å². The Bertz CT molecular complexity index is 434. The quantitative estimate of drug-likeness (QED) is 0.815. The zero-order valence-electron chi connectivity index (χ0n) is 11.4. The van der Waals surface area contributed by atoms with E-state index in [2.05, 4.69) is 13.8 Å². The molecule has 1 saturated heterocycles. The van der Waals surface area contributed by atoms with Crippen LogP contribution in [0.25, 0.3) is 0 Å². The number of hydrogen-bond acceptors (Lipinski definition) is 2. The predicted molar refractivity (Wildman–Crippen MR) is 74.4 cm³/mol. The minimum atomic E-state index is 0.0914. The van der Waals surface area contributed by atoms with Gasteiger partial charge in [0.2, 0.25) is 0 Å². The van der Waals surface area contributed by atoms with Gasteiger partial charge in [0.15, 0.2) is 0 Å². The Morgan fingerprint density at radius 3 is 2.72 bits per heavy atom. The van der Waals surface area contributed by atoms with Crippen LogP contribution in [-0.2, 0) is 0 Å². The molecule has 0 bridgehead atoms. The first kappa shape index (κ1) is 12.9. The molecule has 1 aliphatic rings. The molecule has 2 rings (SSSR count). The SMILES string of the molecule is Cc1cccc(N)c1C(=O)N1CCC(C(C)C)C1. The molecule has 3 nitrogen and oxygen atoms in total. The molecule has 0 saturated carbocycles. The van der Waals surface area contributed by atoms with Crippen LogP contribution in [0.5, 0.6) is 0 Å². The van der Waals surface area contributed by atoms with Crippen LogP contribution in [0.1, 0.15) is 36.2 Å². The maximum atomic E-state index is 12.5. The summed E-state index contributed by atoms with van der Waals surface area (Å²) >= 11 is 0. The fraction of sp³-hybridized carbons (Fsp3) is 0.533. The molecule has 0 spiro atoms. The first-order valence-corrected chi connectivity index (χ1v) is 6.65. The zero-order chi connectivity index (χ0) is 13.3. The van der Waals surface area contributed by atoms with Gasteiger partial charge >= 0.3 is 0 Å². The molecule has 1 aromatic rings. The fourth-order valence-electron chi connectivity index (χ4n) is 2.66. The minimum Gasteiger partial charge on any atom is -0.398 e. The van der Waals surface area contributed by atoms with E-state index < -0.39 is 0 Å². The van der Waals surface area contributed by atoms with Gasteiger partial charge in [-0.3, -0.25) is 4.79 Å². The van der Waals surface area contributed by atoms with Crippen LogP contribution in [0.4, 0.5) is 5.69 Å². The standard InChI is InChI=1S/C15H22N2O/c1-10(2)12-7-8-17(9-12)15(18)14-11(3)5-4-6-13(14)16/h4-6,10,12H,7-9,16H2,1-3H3. The largest absolute Gasteiger partial charge is 0.398 e. The number of nitrogens with zero attached hydrogens (tertiary/aromatic N) is 1. The highest BCUT2D eigenvalue weighted by molar-refractivity contribution is 6.00. The Kier molecular flexibility index (Phi) is 3.60. The summed E-state index contributed by atoms with van der Waals surface area (Å²) < 4.78 is 0. The number of carbonyl (C=O) groups excluding carboxylic acids is 1. The average Bonchev–Trinajstić information content (AvgIpc) is 2.77. The number of aryl methyl sites for hydroxylation is 1. The maximum Gasteiger partial charge on any atom is 0.256 e. The van der Waals surface area contributed by atoms with E-state index in [0.29, 0.717) is 23.1 Å². The van der Waals surface area contributed by atoms with E-state index in [1.54, 1.807) is 6.07 Å². The topological polar surface area (TPSA) is 46.3 Å². The van der Waals surface area contributed by atoms with Crippen molar-refractivity contribution in [2.75, 3.05) is 18.8 Å². The van der Waals surface area contributed by atoms with Gasteiger partial charge in [-0.15, -0.1) is 0 Å². The van der Waals surface area contributed by atoms with Gasteiger partial charge in [0.1, 0.15) is 0 Å². The van der Waals surface area contributed by atoms with Crippen molar-refractivity contribution >= 4 is 11.6 Å². The smallest absolute Gasteiger partial charge is 0.256 e. The molecule has 1 aromatic carbocycles. The Morgan fingerprint density at radius 1 is 1.44 bits per heavy atom. The lowest BCUT2D eigenvalue weighted by Gasteiger charge is -2.20. The molecular formula is C15H22N2O. The molecule has 1 atom stereocenters. The number of likely N-dealkylation sites (tertiary alicyclic amines) is 1. The Morgan fingerprint density at radius 2 is 2.17 bits per heavy atom. The second-order valence-corrected chi connectivity index (χ2v) is 5.58. The highest BCUT2D eigenvalue weighted by Crippen LogP contribution is 2.27. The maximum absolute atomic E-state index is 12.5. The highest BCUT2D eigenvalue weighted by Gasteiger charge is 2.29. The third-order valence-corrected chi connectivity index (χ3v) is 3.97. The monoisotopic (exact) mass is 246 g/mol. The van der Waals surface area contributed by atoms with Gasteiger partial charge in [0.25, 0.3) is 5.91 Å². The number of anilines is 1. The molecule has 0 aliphatic carbocycles. The van der Waals surface area contributed by atoms with Gasteiger partial charge < -0.3 is 10.6 Å². The Hall–Kier alpha value is -1.51. The van der Waals surface area contributed by atoms with E-state index in [4.69, 9.17) is 5.73 Å². The van der Waals surface area contributed by atoms with Gasteiger partial charge in [-0.1, -0.05) is 26.0 Å². The third-order valence-electron chi connectivity index (χ3n) is 3.97. The summed E-state index contributed by atoms with van der Waals surface area (Å²) in [6.07, 6.45) is 1.11. The molecule has 1 unspecified atom stereocenters. The van der Waals surface area contributed by atoms with Crippen LogP contribution in [0.3, 0.4) is 0 Å². The van der Waals surface area contributed by atoms with Crippen LogP contribution in [-0.4, -0.2) is 23.9 Å². The number of rotatable bonds is 2. The molecule has 1 fully saturated rings. The Balaban J connectivity index is 2.18. The molecule has 2 N–H and O–H groups in total. The summed E-state index contributed by atoms with van der Waals surface area (Å²) in [5, 5.41) is 0. The molecule has 1 heterocycles. The lowest BCUT2D eigenvalue weighted by Crippen LogP contribution is -2.30. The molecular weight excluding hydrogens is 224 g/mol. The Labute approximate surface area is 109 Å². The van der Waals surface area contributed by atoms with Crippen molar-refractivity contribution in [3.63, 3.8) is 0 Å². The van der Waals surface area contributed by atoms with E-state index in [0.717, 1.165) is 25.1 Å². The van der Waals surface area contributed by atoms with Gasteiger partial charge in [0, 0.05) is 18.8 Å². The summed E-state index contributed by atoms with van der Waals surface area (Å²) in [6, 6.07) is 5.64. The fourth-order valence-corrected chi connectivity index (χ4v) is 2.66. The molecule has 1 amide bonds. The van der Waals surface area contributed by atoms with E-state index in [9.17, 15) is 4.79 Å². The summed E-state index contributed by atoms with van der Waals surface area (Å²) in [6.45, 7) is 8.11. The number of nitrogen functional groups attached to an aromatic ring is 1. The van der Waals surface area contributed by atoms with Gasteiger partial charge in [-0.2, -0.15) is 0 Å². The normalized spacial score (nSPS) is 19.6. The summed E-state index contributed by atoms with van der Waals surface area (Å²) in [5.41, 5.74) is 8.18. The summed E-state index contributed by atoms with van der Waals surface area (Å²) in [4.78, 5) is 14.5. The predicted octanol–water partition coefficient (Wildman–Crippen LogP) is 2.70. The van der Waals surface area contributed by atoms with Crippen LogP contribution in [0.2, 0.25) is 0 Å². The van der Waals surface area contributed by atoms with Crippen molar-refractivity contribution in [2.24, 2.45) is 11.8 Å². The number of carbonyl (C=O) groups is 1. The van der Waals surface area contributed by atoms with E-state index in [1.165, 1.54) is 0 Å². The second kappa shape index (κ2) is 5.01. The number of nitrogens with two attached hydrogens (primary N) is 1. The number of hydrogen-bond donors (Lipinski definition) is 1. The molecule has 1 aliphatic heterocycles. The molecule has 0 radical (unpaired) electrons. The first-order chi connectivity index (χ1) is 8.50. The highest BCUT2D eigenvalue weighted by atomic mass is 16.2. The third kappa shape index (κ3) is 2.35. The lowest BCUT2D eigenvalue weighted by atomic mass is 9.95. The van der Waals surface area contributed by atoms with E-state index in [1.807, 2.05) is 24.0 Å². The van der Waals surface area contributed by atoms with Crippen molar-refractivity contribution in [1.29, 1.82) is 0 Å². The van der Waals surface area contributed by atoms with Crippen LogP contribution in [0.15, 0.2) is 18.2 Å². The van der Waals surface area contributed by atoms with E-state index in [-0.39, 0.29) is 5.91 Å². The summed E-state index contributed by atoms with van der Waals surface area (Å²) in [7, 11) is 0. The van der Waals surface area contributed by atoms with Crippen molar-refractivity contribution in [3.05, 3.63) is 29.3 Å². The van der Waals surface area contributed by atoms with Crippen molar-refractivity contribution < 1.29 is 4.79 Å². The average molecular weight is 246 g/mol. The van der Waals surface area contributed by atoms with Crippen molar-refractivity contribution in [2.45, 2.75) is 27.2 Å².